The van der Waals surface area contributed by atoms with Crippen molar-refractivity contribution in [1.82, 2.24) is 10.2 Å². The quantitative estimate of drug-likeness (QED) is 0.430. The molecule has 0 atom stereocenters. The first-order chi connectivity index (χ1) is 13.7. The lowest BCUT2D eigenvalue weighted by Crippen LogP contribution is -2.19. The van der Waals surface area contributed by atoms with Crippen molar-refractivity contribution in [1.29, 1.82) is 5.26 Å². The lowest BCUT2D eigenvalue weighted by Gasteiger charge is -2.10. The van der Waals surface area contributed by atoms with Gasteiger partial charge < -0.3 is 16.4 Å². The zero-order valence-corrected chi connectivity index (χ0v) is 14.7. The van der Waals surface area contributed by atoms with Gasteiger partial charge in [-0.15, -0.1) is 0 Å². The minimum Gasteiger partial charge on any atom is -0.382 e. The number of anilines is 3. The van der Waals surface area contributed by atoms with Crippen molar-refractivity contribution >= 4 is 34.1 Å². The first kappa shape index (κ1) is 17.1. The molecule has 5 N–H and O–H groups in total. The number of amides is 2. The van der Waals surface area contributed by atoms with E-state index >= 15 is 0 Å². The number of nitrogen functional groups attached to an aromatic ring is 1. The van der Waals surface area contributed by atoms with E-state index in [0.29, 0.717) is 22.8 Å². The summed E-state index contributed by atoms with van der Waals surface area (Å²) >= 11 is 0. The third-order valence-electron chi connectivity index (χ3n) is 4.37. The predicted octanol–water partition coefficient (Wildman–Crippen LogP) is 4.33. The number of aromatic amines is 1. The third kappa shape index (κ3) is 3.22. The van der Waals surface area contributed by atoms with E-state index in [1.807, 2.05) is 36.4 Å². The van der Waals surface area contributed by atoms with E-state index in [0.717, 1.165) is 22.0 Å². The topological polar surface area (TPSA) is 120 Å². The van der Waals surface area contributed by atoms with Crippen molar-refractivity contribution in [3.63, 3.8) is 0 Å². The molecule has 7 nitrogen and oxygen atoms in total. The number of hydrogen-bond acceptors (Lipinski definition) is 4. The van der Waals surface area contributed by atoms with Crippen LogP contribution in [0.2, 0.25) is 0 Å². The summed E-state index contributed by atoms with van der Waals surface area (Å²) in [6, 6.07) is 21.7. The van der Waals surface area contributed by atoms with E-state index in [4.69, 9.17) is 11.0 Å². The van der Waals surface area contributed by atoms with E-state index in [9.17, 15) is 4.79 Å². The van der Waals surface area contributed by atoms with Gasteiger partial charge in [0.25, 0.3) is 0 Å². The van der Waals surface area contributed by atoms with E-state index in [1.54, 1.807) is 36.4 Å². The smallest absolute Gasteiger partial charge is 0.323 e. The molecule has 4 aromatic rings. The SMILES string of the molecule is N#Cc1ccccc1NC(=O)Nc1ccc(-c2cccc3[nH]nc(N)c23)cc1. The highest BCUT2D eigenvalue weighted by atomic mass is 16.2. The van der Waals surface area contributed by atoms with Crippen LogP contribution in [0.15, 0.2) is 66.7 Å². The molecule has 136 valence electrons. The molecule has 28 heavy (non-hydrogen) atoms. The molecule has 0 spiro atoms. The molecule has 1 aromatic heterocycles. The van der Waals surface area contributed by atoms with Gasteiger partial charge in [0.1, 0.15) is 6.07 Å². The Kier molecular flexibility index (Phi) is 4.36. The Morgan fingerprint density at radius 3 is 2.57 bits per heavy atom. The fraction of sp³-hybridized carbons (Fsp3) is 0. The van der Waals surface area contributed by atoms with Crippen LogP contribution in [-0.2, 0) is 0 Å². The van der Waals surface area contributed by atoms with E-state index in [2.05, 4.69) is 20.8 Å². The highest BCUT2D eigenvalue weighted by Gasteiger charge is 2.10. The Hall–Kier alpha value is -4.31. The normalized spacial score (nSPS) is 10.4. The maximum absolute atomic E-state index is 12.2. The summed E-state index contributed by atoms with van der Waals surface area (Å²) in [6.07, 6.45) is 0. The molecule has 0 aliphatic carbocycles. The zero-order chi connectivity index (χ0) is 19.5. The van der Waals surface area contributed by atoms with Gasteiger partial charge in [-0.1, -0.05) is 36.4 Å². The largest absolute Gasteiger partial charge is 0.382 e. The number of nitrogens with zero attached hydrogens (tertiary/aromatic N) is 2. The average Bonchev–Trinajstić information content (AvgIpc) is 3.10. The summed E-state index contributed by atoms with van der Waals surface area (Å²) in [5.74, 6) is 0.448. The molecule has 3 aromatic carbocycles. The molecule has 0 radical (unpaired) electrons. The standard InChI is InChI=1S/C21H16N6O/c22-12-14-4-1-2-6-17(14)25-21(28)24-15-10-8-13(9-11-15)16-5-3-7-18-19(16)20(23)27-26-18/h1-11H,(H3,23,26,27)(H2,24,25,28). The summed E-state index contributed by atoms with van der Waals surface area (Å²) in [5, 5.41) is 22.4. The van der Waals surface area contributed by atoms with Crippen LogP contribution in [0.5, 0.6) is 0 Å². The van der Waals surface area contributed by atoms with Crippen LogP contribution in [-0.4, -0.2) is 16.2 Å². The number of hydrogen-bond donors (Lipinski definition) is 4. The number of urea groups is 1. The number of para-hydroxylation sites is 1. The second-order valence-electron chi connectivity index (χ2n) is 6.15. The van der Waals surface area contributed by atoms with Crippen LogP contribution in [0.3, 0.4) is 0 Å². The number of rotatable bonds is 3. The lowest BCUT2D eigenvalue weighted by molar-refractivity contribution is 0.262. The first-order valence-electron chi connectivity index (χ1n) is 8.56. The minimum atomic E-state index is -0.420. The number of benzene rings is 3. The lowest BCUT2D eigenvalue weighted by atomic mass is 10.0. The van der Waals surface area contributed by atoms with Gasteiger partial charge in [-0.25, -0.2) is 4.79 Å². The Balaban J connectivity index is 1.53. The Morgan fingerprint density at radius 2 is 1.79 bits per heavy atom. The first-order valence-corrected chi connectivity index (χ1v) is 8.56. The molecular formula is C21H16N6O. The van der Waals surface area contributed by atoms with Crippen LogP contribution in [0.25, 0.3) is 22.0 Å². The highest BCUT2D eigenvalue weighted by Crippen LogP contribution is 2.31. The molecule has 0 unspecified atom stereocenters. The van der Waals surface area contributed by atoms with Gasteiger partial charge in [0, 0.05) is 5.69 Å². The molecule has 0 aliphatic rings. The molecular weight excluding hydrogens is 352 g/mol. The van der Waals surface area contributed by atoms with Crippen molar-refractivity contribution < 1.29 is 4.79 Å². The number of nitrogens with one attached hydrogen (secondary N) is 3. The van der Waals surface area contributed by atoms with Gasteiger partial charge in [-0.2, -0.15) is 10.4 Å². The van der Waals surface area contributed by atoms with E-state index in [1.165, 1.54) is 0 Å². The summed E-state index contributed by atoms with van der Waals surface area (Å²) in [4.78, 5) is 12.2. The molecule has 0 bridgehead atoms. The number of carbonyl (C=O) groups is 1. The molecule has 0 fully saturated rings. The molecule has 7 heteroatoms. The van der Waals surface area contributed by atoms with Crippen LogP contribution < -0.4 is 16.4 Å². The number of nitriles is 1. The number of nitrogens with two attached hydrogens (primary N) is 1. The van der Waals surface area contributed by atoms with Crippen molar-refractivity contribution in [2.24, 2.45) is 0 Å². The maximum atomic E-state index is 12.2. The molecule has 1 heterocycles. The van der Waals surface area contributed by atoms with Crippen LogP contribution in [0.4, 0.5) is 22.0 Å². The third-order valence-corrected chi connectivity index (χ3v) is 4.37. The van der Waals surface area contributed by atoms with Gasteiger partial charge in [-0.05, 0) is 41.5 Å². The van der Waals surface area contributed by atoms with Crippen LogP contribution in [0, 0.1) is 11.3 Å². The molecule has 0 saturated carbocycles. The van der Waals surface area contributed by atoms with E-state index in [-0.39, 0.29) is 0 Å². The number of fused-ring (bicyclic) bond motifs is 1. The van der Waals surface area contributed by atoms with Crippen molar-refractivity contribution in [2.75, 3.05) is 16.4 Å². The maximum Gasteiger partial charge on any atom is 0.323 e. The number of carbonyl (C=O) groups excluding carboxylic acids is 1. The fourth-order valence-electron chi connectivity index (χ4n) is 3.05. The van der Waals surface area contributed by atoms with Gasteiger partial charge >= 0.3 is 6.03 Å². The van der Waals surface area contributed by atoms with Crippen molar-refractivity contribution in [3.8, 4) is 17.2 Å². The molecule has 2 amide bonds. The zero-order valence-electron chi connectivity index (χ0n) is 14.7. The summed E-state index contributed by atoms with van der Waals surface area (Å²) in [6.45, 7) is 0. The number of aromatic nitrogens is 2. The average molecular weight is 368 g/mol. The Labute approximate surface area is 160 Å². The minimum absolute atomic E-state index is 0.402. The van der Waals surface area contributed by atoms with Crippen LogP contribution >= 0.6 is 0 Å². The van der Waals surface area contributed by atoms with Gasteiger partial charge in [-0.3, -0.25) is 5.10 Å². The number of H-pyrrole nitrogens is 1. The summed E-state index contributed by atoms with van der Waals surface area (Å²) < 4.78 is 0. The van der Waals surface area contributed by atoms with Gasteiger partial charge in [0.2, 0.25) is 0 Å². The summed E-state index contributed by atoms with van der Waals surface area (Å²) in [7, 11) is 0. The summed E-state index contributed by atoms with van der Waals surface area (Å²) in [5.41, 5.74) is 10.3. The van der Waals surface area contributed by atoms with Gasteiger partial charge in [0.15, 0.2) is 5.82 Å². The van der Waals surface area contributed by atoms with E-state index < -0.39 is 6.03 Å². The van der Waals surface area contributed by atoms with Crippen molar-refractivity contribution in [3.05, 3.63) is 72.3 Å². The second kappa shape index (κ2) is 7.13. The van der Waals surface area contributed by atoms with Crippen molar-refractivity contribution in [2.45, 2.75) is 0 Å². The second-order valence-corrected chi connectivity index (χ2v) is 6.15. The Morgan fingerprint density at radius 1 is 1.00 bits per heavy atom. The van der Waals surface area contributed by atoms with Crippen LogP contribution in [0.1, 0.15) is 5.56 Å². The highest BCUT2D eigenvalue weighted by molar-refractivity contribution is 6.02. The molecule has 0 aliphatic heterocycles. The molecule has 0 saturated heterocycles. The molecule has 4 rings (SSSR count). The fourth-order valence-corrected chi connectivity index (χ4v) is 3.05. The monoisotopic (exact) mass is 368 g/mol. The Bertz CT molecular complexity index is 1200. The predicted molar refractivity (Wildman–Crippen MR) is 110 cm³/mol. The van der Waals surface area contributed by atoms with Gasteiger partial charge in [0.05, 0.1) is 22.2 Å².